The van der Waals surface area contributed by atoms with Gasteiger partial charge in [-0.2, -0.15) is 0 Å². The first-order valence-corrected chi connectivity index (χ1v) is 7.65. The van der Waals surface area contributed by atoms with Gasteiger partial charge in [-0.3, -0.25) is 9.37 Å². The number of methoxy groups -OCH3 is 1. The average Bonchev–Trinajstić information content (AvgIpc) is 2.58. The summed E-state index contributed by atoms with van der Waals surface area (Å²) in [4.78, 5) is 16.5. The molecule has 5 nitrogen and oxygen atoms in total. The van der Waals surface area contributed by atoms with E-state index in [1.165, 1.54) is 6.20 Å². The Balaban J connectivity index is 2.45. The zero-order chi connectivity index (χ0) is 16.7. The Labute approximate surface area is 134 Å². The minimum absolute atomic E-state index is 0.288. The summed E-state index contributed by atoms with van der Waals surface area (Å²) >= 11 is 0. The SMILES string of the molecule is CCOC(=O)c1cnc2c(OC)cccc2c1NCCCCF. The molecule has 2 rings (SSSR count). The van der Waals surface area contributed by atoms with Gasteiger partial charge in [-0.25, -0.2) is 4.79 Å². The molecule has 1 aromatic heterocycles. The standard InChI is InChI=1S/C17H21FN2O3/c1-3-23-17(21)13-11-20-16-12(7-6-8-14(16)22-2)15(13)19-10-5-4-9-18/h6-8,11H,3-5,9-10H2,1-2H3,(H,19,20). The largest absolute Gasteiger partial charge is 0.494 e. The number of nitrogens with zero attached hydrogens (tertiary/aromatic N) is 1. The number of nitrogens with one attached hydrogen (secondary N) is 1. The van der Waals surface area contributed by atoms with Crippen LogP contribution in [0.2, 0.25) is 0 Å². The number of fused-ring (bicyclic) bond motifs is 1. The van der Waals surface area contributed by atoms with Gasteiger partial charge in [0.2, 0.25) is 0 Å². The number of ether oxygens (including phenoxy) is 2. The maximum Gasteiger partial charge on any atom is 0.341 e. The number of unbranched alkanes of at least 4 members (excludes halogenated alkanes) is 1. The summed E-state index contributed by atoms with van der Waals surface area (Å²) in [6.07, 6.45) is 2.64. The Bertz CT molecular complexity index is 676. The first-order chi connectivity index (χ1) is 11.2. The molecule has 0 aliphatic carbocycles. The molecule has 2 aromatic rings. The lowest BCUT2D eigenvalue weighted by molar-refractivity contribution is 0.0527. The molecule has 6 heteroatoms. The van der Waals surface area contributed by atoms with Gasteiger partial charge < -0.3 is 14.8 Å². The predicted octanol–water partition coefficient (Wildman–Crippen LogP) is 3.58. The number of hydrogen-bond acceptors (Lipinski definition) is 5. The van der Waals surface area contributed by atoms with Gasteiger partial charge in [0.05, 0.1) is 26.1 Å². The van der Waals surface area contributed by atoms with E-state index in [2.05, 4.69) is 10.3 Å². The second-order valence-corrected chi connectivity index (χ2v) is 4.95. The smallest absolute Gasteiger partial charge is 0.341 e. The van der Waals surface area contributed by atoms with Crippen molar-refractivity contribution in [3.63, 3.8) is 0 Å². The van der Waals surface area contributed by atoms with Gasteiger partial charge in [-0.05, 0) is 25.8 Å². The van der Waals surface area contributed by atoms with Crippen LogP contribution in [-0.4, -0.2) is 37.9 Å². The van der Waals surface area contributed by atoms with E-state index in [9.17, 15) is 9.18 Å². The number of esters is 1. The van der Waals surface area contributed by atoms with Gasteiger partial charge in [0.1, 0.15) is 16.8 Å². The van der Waals surface area contributed by atoms with E-state index < -0.39 is 5.97 Å². The molecular weight excluding hydrogens is 299 g/mol. The van der Waals surface area contributed by atoms with Crippen LogP contribution in [-0.2, 0) is 4.74 Å². The molecule has 1 aromatic carbocycles. The molecule has 23 heavy (non-hydrogen) atoms. The van der Waals surface area contributed by atoms with Crippen molar-refractivity contribution in [2.24, 2.45) is 0 Å². The van der Waals surface area contributed by atoms with Crippen molar-refractivity contribution in [1.29, 1.82) is 0 Å². The summed E-state index contributed by atoms with van der Waals surface area (Å²) in [5.41, 5.74) is 1.68. The second-order valence-electron chi connectivity index (χ2n) is 4.95. The van der Waals surface area contributed by atoms with Crippen molar-refractivity contribution < 1.29 is 18.7 Å². The fourth-order valence-electron chi connectivity index (χ4n) is 2.35. The fraction of sp³-hybridized carbons (Fsp3) is 0.412. The van der Waals surface area contributed by atoms with Crippen molar-refractivity contribution in [2.75, 3.05) is 32.3 Å². The number of para-hydroxylation sites is 1. The highest BCUT2D eigenvalue weighted by Crippen LogP contribution is 2.31. The molecule has 0 bridgehead atoms. The minimum Gasteiger partial charge on any atom is -0.494 e. The summed E-state index contributed by atoms with van der Waals surface area (Å²) in [5.74, 6) is 0.197. The Hall–Kier alpha value is -2.37. The molecule has 0 spiro atoms. The molecule has 0 atom stereocenters. The van der Waals surface area contributed by atoms with Crippen LogP contribution in [0.5, 0.6) is 5.75 Å². The van der Waals surface area contributed by atoms with E-state index in [1.807, 2.05) is 18.2 Å². The van der Waals surface area contributed by atoms with Gasteiger partial charge >= 0.3 is 5.97 Å². The molecule has 0 unspecified atom stereocenters. The molecule has 0 aliphatic rings. The van der Waals surface area contributed by atoms with Crippen LogP contribution < -0.4 is 10.1 Å². The summed E-state index contributed by atoms with van der Waals surface area (Å²) < 4.78 is 22.7. The Kier molecular flexibility index (Phi) is 6.14. The number of carbonyl (C=O) groups excluding carboxylic acids is 1. The number of carbonyl (C=O) groups is 1. The molecule has 0 saturated carbocycles. The molecule has 1 heterocycles. The minimum atomic E-state index is -0.433. The van der Waals surface area contributed by atoms with Crippen LogP contribution in [0.25, 0.3) is 10.9 Å². The summed E-state index contributed by atoms with van der Waals surface area (Å²) in [5, 5.41) is 3.99. The van der Waals surface area contributed by atoms with E-state index in [-0.39, 0.29) is 13.3 Å². The number of rotatable bonds is 8. The normalized spacial score (nSPS) is 10.6. The van der Waals surface area contributed by atoms with Crippen LogP contribution in [0.4, 0.5) is 10.1 Å². The first-order valence-electron chi connectivity index (χ1n) is 7.65. The lowest BCUT2D eigenvalue weighted by Crippen LogP contribution is -2.12. The Morgan fingerprint density at radius 3 is 2.87 bits per heavy atom. The average molecular weight is 320 g/mol. The maximum atomic E-state index is 12.3. The van der Waals surface area contributed by atoms with E-state index in [0.29, 0.717) is 41.9 Å². The van der Waals surface area contributed by atoms with Gasteiger partial charge in [-0.15, -0.1) is 0 Å². The number of anilines is 1. The summed E-state index contributed by atoms with van der Waals surface area (Å²) in [6, 6.07) is 5.52. The Morgan fingerprint density at radius 2 is 2.17 bits per heavy atom. The third-order valence-corrected chi connectivity index (χ3v) is 3.44. The number of alkyl halides is 1. The van der Waals surface area contributed by atoms with Crippen LogP contribution >= 0.6 is 0 Å². The Morgan fingerprint density at radius 1 is 1.35 bits per heavy atom. The van der Waals surface area contributed by atoms with E-state index in [0.717, 1.165) is 5.39 Å². The maximum absolute atomic E-state index is 12.3. The van der Waals surface area contributed by atoms with Gasteiger partial charge in [0, 0.05) is 18.1 Å². The number of aromatic nitrogens is 1. The lowest BCUT2D eigenvalue weighted by Gasteiger charge is -2.15. The van der Waals surface area contributed by atoms with Crippen LogP contribution in [0.15, 0.2) is 24.4 Å². The van der Waals surface area contributed by atoms with Crippen LogP contribution in [0.3, 0.4) is 0 Å². The highest BCUT2D eigenvalue weighted by molar-refractivity contribution is 6.06. The van der Waals surface area contributed by atoms with Crippen LogP contribution in [0.1, 0.15) is 30.1 Å². The summed E-state index contributed by atoms with van der Waals surface area (Å²) in [7, 11) is 1.57. The third kappa shape index (κ3) is 3.88. The molecule has 124 valence electrons. The molecule has 0 radical (unpaired) electrons. The number of hydrogen-bond donors (Lipinski definition) is 1. The van der Waals surface area contributed by atoms with E-state index >= 15 is 0 Å². The van der Waals surface area contributed by atoms with Crippen molar-refractivity contribution in [3.05, 3.63) is 30.0 Å². The number of halogens is 1. The van der Waals surface area contributed by atoms with Gasteiger partial charge in [-0.1, -0.05) is 12.1 Å². The number of pyridine rings is 1. The highest BCUT2D eigenvalue weighted by Gasteiger charge is 2.17. The van der Waals surface area contributed by atoms with E-state index in [1.54, 1.807) is 14.0 Å². The van der Waals surface area contributed by atoms with Crippen molar-refractivity contribution in [1.82, 2.24) is 4.98 Å². The lowest BCUT2D eigenvalue weighted by atomic mass is 10.1. The molecule has 1 N–H and O–H groups in total. The van der Waals surface area contributed by atoms with Gasteiger partial charge in [0.15, 0.2) is 0 Å². The zero-order valence-corrected chi connectivity index (χ0v) is 13.4. The molecule has 0 fully saturated rings. The van der Waals surface area contributed by atoms with Crippen LogP contribution in [0, 0.1) is 0 Å². The van der Waals surface area contributed by atoms with E-state index in [4.69, 9.17) is 9.47 Å². The fourth-order valence-corrected chi connectivity index (χ4v) is 2.35. The summed E-state index contributed by atoms with van der Waals surface area (Å²) in [6.45, 7) is 2.25. The third-order valence-electron chi connectivity index (χ3n) is 3.44. The molecular formula is C17H21FN2O3. The topological polar surface area (TPSA) is 60.5 Å². The highest BCUT2D eigenvalue weighted by atomic mass is 19.1. The quantitative estimate of drug-likeness (QED) is 0.595. The second kappa shape index (κ2) is 8.31. The van der Waals surface area contributed by atoms with Crippen molar-refractivity contribution in [2.45, 2.75) is 19.8 Å². The predicted molar refractivity (Wildman–Crippen MR) is 88.0 cm³/mol. The van der Waals surface area contributed by atoms with Crippen molar-refractivity contribution >= 4 is 22.6 Å². The van der Waals surface area contributed by atoms with Crippen molar-refractivity contribution in [3.8, 4) is 5.75 Å². The van der Waals surface area contributed by atoms with Gasteiger partial charge in [0.25, 0.3) is 0 Å². The molecule has 0 saturated heterocycles. The molecule has 0 amide bonds. The zero-order valence-electron chi connectivity index (χ0n) is 13.4. The molecule has 0 aliphatic heterocycles. The number of benzene rings is 1. The first kappa shape index (κ1) is 17.0. The monoisotopic (exact) mass is 320 g/mol.